The van der Waals surface area contributed by atoms with Gasteiger partial charge in [-0.05, 0) is 49.2 Å². The molecule has 2 aromatic carbocycles. The summed E-state index contributed by atoms with van der Waals surface area (Å²) in [6, 6.07) is 13.7. The van der Waals surface area contributed by atoms with Crippen LogP contribution in [0.15, 0.2) is 54.6 Å². The second-order valence-electron chi connectivity index (χ2n) is 6.99. The zero-order valence-electron chi connectivity index (χ0n) is 17.1. The van der Waals surface area contributed by atoms with Crippen LogP contribution in [0.3, 0.4) is 0 Å². The Hall–Kier alpha value is -3.61. The Balaban J connectivity index is 1.59. The van der Waals surface area contributed by atoms with E-state index >= 15 is 0 Å². The first-order valence-corrected chi connectivity index (χ1v) is 9.81. The van der Waals surface area contributed by atoms with E-state index in [-0.39, 0.29) is 17.7 Å². The van der Waals surface area contributed by atoms with Crippen molar-refractivity contribution < 1.29 is 19.1 Å². The highest BCUT2D eigenvalue weighted by molar-refractivity contribution is 6.04. The van der Waals surface area contributed by atoms with Gasteiger partial charge < -0.3 is 20.3 Å². The standard InChI is InChI=1S/C23H25N3O4/c1-16(24-21(27)14-11-17-9-12-18(30-2)13-10-17)23(29)25-19-6-3-4-7-20(19)26-15-5-8-22(26)28/h3-4,6-7,9-14,16H,5,8,15H2,1-2H3,(H,24,27)(H,25,29)/b14-11+/t16-/m0/s1. The Morgan fingerprint density at radius 1 is 1.13 bits per heavy atom. The summed E-state index contributed by atoms with van der Waals surface area (Å²) < 4.78 is 5.10. The molecule has 3 amide bonds. The number of hydrogen-bond donors (Lipinski definition) is 2. The molecule has 1 atom stereocenters. The molecule has 7 nitrogen and oxygen atoms in total. The summed E-state index contributed by atoms with van der Waals surface area (Å²) in [4.78, 5) is 38.5. The van der Waals surface area contributed by atoms with Gasteiger partial charge in [-0.15, -0.1) is 0 Å². The minimum absolute atomic E-state index is 0.0433. The molecule has 0 spiro atoms. The smallest absolute Gasteiger partial charge is 0.246 e. The van der Waals surface area contributed by atoms with Gasteiger partial charge in [0.25, 0.3) is 0 Å². The first-order valence-electron chi connectivity index (χ1n) is 9.81. The number of hydrogen-bond acceptors (Lipinski definition) is 4. The van der Waals surface area contributed by atoms with E-state index in [2.05, 4.69) is 10.6 Å². The Kier molecular flexibility index (Phi) is 6.85. The van der Waals surface area contributed by atoms with E-state index in [4.69, 9.17) is 4.74 Å². The van der Waals surface area contributed by atoms with Gasteiger partial charge in [0.15, 0.2) is 0 Å². The number of nitrogens with one attached hydrogen (secondary N) is 2. The molecule has 1 aliphatic rings. The highest BCUT2D eigenvalue weighted by Crippen LogP contribution is 2.29. The van der Waals surface area contributed by atoms with Crippen LogP contribution in [0.4, 0.5) is 11.4 Å². The van der Waals surface area contributed by atoms with Gasteiger partial charge in [0.2, 0.25) is 17.7 Å². The van der Waals surface area contributed by atoms with Crippen LogP contribution in [-0.4, -0.2) is 37.4 Å². The Labute approximate surface area is 175 Å². The molecule has 1 fully saturated rings. The lowest BCUT2D eigenvalue weighted by atomic mass is 10.2. The largest absolute Gasteiger partial charge is 0.497 e. The summed E-state index contributed by atoms with van der Waals surface area (Å²) in [5.74, 6) is 0.0382. The van der Waals surface area contributed by atoms with Crippen LogP contribution in [0.1, 0.15) is 25.3 Å². The molecule has 156 valence electrons. The number of rotatable bonds is 7. The van der Waals surface area contributed by atoms with Gasteiger partial charge in [0, 0.05) is 19.0 Å². The first-order chi connectivity index (χ1) is 14.5. The fourth-order valence-electron chi connectivity index (χ4n) is 3.17. The van der Waals surface area contributed by atoms with Crippen LogP contribution in [0.2, 0.25) is 0 Å². The number of benzene rings is 2. The van der Waals surface area contributed by atoms with Gasteiger partial charge in [-0.2, -0.15) is 0 Å². The van der Waals surface area contributed by atoms with Crippen LogP contribution in [-0.2, 0) is 14.4 Å². The van der Waals surface area contributed by atoms with Crippen LogP contribution in [0.5, 0.6) is 5.75 Å². The summed E-state index contributed by atoms with van der Waals surface area (Å²) in [6.07, 6.45) is 4.35. The monoisotopic (exact) mass is 407 g/mol. The quantitative estimate of drug-likeness (QED) is 0.691. The van der Waals surface area contributed by atoms with E-state index in [1.54, 1.807) is 55.3 Å². The maximum absolute atomic E-state index is 12.6. The van der Waals surface area contributed by atoms with E-state index in [0.29, 0.717) is 24.3 Å². The number of amides is 3. The van der Waals surface area contributed by atoms with E-state index in [0.717, 1.165) is 17.7 Å². The van der Waals surface area contributed by atoms with Gasteiger partial charge in [-0.3, -0.25) is 14.4 Å². The average molecular weight is 407 g/mol. The van der Waals surface area contributed by atoms with Gasteiger partial charge in [-0.25, -0.2) is 0 Å². The molecule has 0 saturated carbocycles. The number of para-hydroxylation sites is 2. The molecule has 0 radical (unpaired) electrons. The van der Waals surface area contributed by atoms with Crippen molar-refractivity contribution in [2.24, 2.45) is 0 Å². The third kappa shape index (κ3) is 5.26. The summed E-state index contributed by atoms with van der Waals surface area (Å²) in [6.45, 7) is 2.24. The fraction of sp³-hybridized carbons (Fsp3) is 0.261. The molecule has 2 N–H and O–H groups in total. The number of nitrogens with zero attached hydrogens (tertiary/aromatic N) is 1. The molecule has 30 heavy (non-hydrogen) atoms. The van der Waals surface area contributed by atoms with Crippen LogP contribution >= 0.6 is 0 Å². The molecule has 0 aliphatic carbocycles. The highest BCUT2D eigenvalue weighted by Gasteiger charge is 2.25. The predicted octanol–water partition coefficient (Wildman–Crippen LogP) is 2.98. The van der Waals surface area contributed by atoms with Crippen molar-refractivity contribution in [1.29, 1.82) is 0 Å². The van der Waals surface area contributed by atoms with Crippen LogP contribution < -0.4 is 20.3 Å². The summed E-state index contributed by atoms with van der Waals surface area (Å²) >= 11 is 0. The molecule has 2 aromatic rings. The lowest BCUT2D eigenvalue weighted by Gasteiger charge is -2.21. The van der Waals surface area contributed by atoms with E-state index < -0.39 is 6.04 Å². The molecular formula is C23H25N3O4. The van der Waals surface area contributed by atoms with Crippen LogP contribution in [0.25, 0.3) is 6.08 Å². The molecule has 0 bridgehead atoms. The predicted molar refractivity (Wildman–Crippen MR) is 116 cm³/mol. The lowest BCUT2D eigenvalue weighted by Crippen LogP contribution is -2.41. The fourth-order valence-corrected chi connectivity index (χ4v) is 3.17. The van der Waals surface area contributed by atoms with Crippen molar-refractivity contribution in [3.63, 3.8) is 0 Å². The van der Waals surface area contributed by atoms with Crippen molar-refractivity contribution in [2.75, 3.05) is 23.9 Å². The van der Waals surface area contributed by atoms with Crippen molar-refractivity contribution >= 4 is 35.2 Å². The zero-order chi connectivity index (χ0) is 21.5. The Morgan fingerprint density at radius 3 is 2.53 bits per heavy atom. The second-order valence-corrected chi connectivity index (χ2v) is 6.99. The average Bonchev–Trinajstić information content (AvgIpc) is 3.18. The topological polar surface area (TPSA) is 87.7 Å². The summed E-state index contributed by atoms with van der Waals surface area (Å²) in [7, 11) is 1.59. The summed E-state index contributed by atoms with van der Waals surface area (Å²) in [5, 5.41) is 5.46. The normalized spacial score (nSPS) is 14.6. The molecule has 1 aliphatic heterocycles. The number of anilines is 2. The van der Waals surface area contributed by atoms with Crippen molar-refractivity contribution in [3.05, 3.63) is 60.2 Å². The van der Waals surface area contributed by atoms with Crippen molar-refractivity contribution in [1.82, 2.24) is 5.32 Å². The second kappa shape index (κ2) is 9.73. The van der Waals surface area contributed by atoms with Gasteiger partial charge in [0.05, 0.1) is 18.5 Å². The molecule has 0 aromatic heterocycles. The number of carbonyl (C=O) groups excluding carboxylic acids is 3. The van der Waals surface area contributed by atoms with E-state index in [9.17, 15) is 14.4 Å². The van der Waals surface area contributed by atoms with E-state index in [1.807, 2.05) is 18.2 Å². The maximum Gasteiger partial charge on any atom is 0.246 e. The minimum Gasteiger partial charge on any atom is -0.497 e. The summed E-state index contributed by atoms with van der Waals surface area (Å²) in [5.41, 5.74) is 2.06. The van der Waals surface area contributed by atoms with Gasteiger partial charge >= 0.3 is 0 Å². The van der Waals surface area contributed by atoms with Gasteiger partial charge in [0.1, 0.15) is 11.8 Å². The molecule has 1 saturated heterocycles. The minimum atomic E-state index is -0.750. The van der Waals surface area contributed by atoms with Crippen molar-refractivity contribution in [3.8, 4) is 5.75 Å². The first kappa shape index (κ1) is 21.1. The van der Waals surface area contributed by atoms with Crippen LogP contribution in [0, 0.1) is 0 Å². The Morgan fingerprint density at radius 2 is 1.87 bits per heavy atom. The number of methoxy groups -OCH3 is 1. The number of ether oxygens (including phenoxy) is 1. The molecule has 1 heterocycles. The SMILES string of the molecule is COc1ccc(/C=C/C(=O)N[C@@H](C)C(=O)Nc2ccccc2N2CCCC2=O)cc1. The third-order valence-electron chi connectivity index (χ3n) is 4.82. The maximum atomic E-state index is 12.6. The Bertz CT molecular complexity index is 953. The molecule has 0 unspecified atom stereocenters. The molecular weight excluding hydrogens is 382 g/mol. The van der Waals surface area contributed by atoms with E-state index in [1.165, 1.54) is 6.08 Å². The molecule has 3 rings (SSSR count). The number of carbonyl (C=O) groups is 3. The lowest BCUT2D eigenvalue weighted by molar-refractivity contribution is -0.123. The third-order valence-corrected chi connectivity index (χ3v) is 4.82. The highest BCUT2D eigenvalue weighted by atomic mass is 16.5. The molecule has 7 heteroatoms. The van der Waals surface area contributed by atoms with Crippen molar-refractivity contribution in [2.45, 2.75) is 25.8 Å². The zero-order valence-corrected chi connectivity index (χ0v) is 17.1. The van der Waals surface area contributed by atoms with Gasteiger partial charge in [-0.1, -0.05) is 24.3 Å².